The number of ether oxygens (including phenoxy) is 1. The van der Waals surface area contributed by atoms with Crippen molar-refractivity contribution < 1.29 is 61.4 Å². The van der Waals surface area contributed by atoms with Gasteiger partial charge in [0.2, 0.25) is 0 Å². The molecule has 0 aliphatic heterocycles. The predicted molar refractivity (Wildman–Crippen MR) is 107 cm³/mol. The van der Waals surface area contributed by atoms with Gasteiger partial charge in [0.1, 0.15) is 11.5 Å². The Labute approximate surface area is 211 Å². The summed E-state index contributed by atoms with van der Waals surface area (Å²) < 4.78 is 60.8. The van der Waals surface area contributed by atoms with E-state index in [0.29, 0.717) is 24.3 Å². The van der Waals surface area contributed by atoms with Gasteiger partial charge in [0.15, 0.2) is 14.2 Å². The molecule has 0 amide bonds. The first-order valence-corrected chi connectivity index (χ1v) is 12.5. The summed E-state index contributed by atoms with van der Waals surface area (Å²) in [6.45, 7) is -0.541. The van der Waals surface area contributed by atoms with E-state index in [-0.39, 0.29) is 62.8 Å². The van der Waals surface area contributed by atoms with E-state index in [1.807, 2.05) is 0 Å². The Bertz CT molecular complexity index is 915. The summed E-state index contributed by atoms with van der Waals surface area (Å²) in [4.78, 5) is 11.3. The van der Waals surface area contributed by atoms with Crippen molar-refractivity contribution in [2.24, 2.45) is 17.8 Å². The van der Waals surface area contributed by atoms with Crippen molar-refractivity contribution in [3.05, 3.63) is 34.4 Å². The molecule has 5 rings (SSSR count). The molecule has 4 fully saturated rings. The fourth-order valence-electron chi connectivity index (χ4n) is 5.44. The third kappa shape index (κ3) is 5.98. The predicted octanol–water partition coefficient (Wildman–Crippen LogP) is 3.01. The zero-order valence-electron chi connectivity index (χ0n) is 17.2. The van der Waals surface area contributed by atoms with Crippen molar-refractivity contribution in [1.29, 1.82) is 0 Å². The number of hydrogen-bond acceptors (Lipinski definition) is 4. The first-order valence-electron chi connectivity index (χ1n) is 9.72. The van der Waals surface area contributed by atoms with E-state index in [9.17, 15) is 22.6 Å². The maximum atomic E-state index is 13.0. The first-order chi connectivity index (χ1) is 13.8. The number of hydrogen-bond donors (Lipinski definition) is 0. The Morgan fingerprint density at radius 1 is 1.26 bits per heavy atom. The van der Waals surface area contributed by atoms with Gasteiger partial charge in [-0.3, -0.25) is 4.57 Å². The Balaban J connectivity index is 0.00000272. The van der Waals surface area contributed by atoms with Crippen LogP contribution in [0.25, 0.3) is 5.76 Å². The summed E-state index contributed by atoms with van der Waals surface area (Å²) in [7, 11) is -4.16. The zero-order chi connectivity index (χ0) is 21.9. The minimum absolute atomic E-state index is 0. The van der Waals surface area contributed by atoms with Crippen molar-refractivity contribution in [1.82, 2.24) is 0 Å². The molecule has 0 spiro atoms. The summed E-state index contributed by atoms with van der Waals surface area (Å²) in [6.07, 6.45) is -0.399. The summed E-state index contributed by atoms with van der Waals surface area (Å²) >= 11 is 12.8. The normalized spacial score (nSPS) is 31.1. The van der Waals surface area contributed by atoms with Crippen molar-refractivity contribution in [2.45, 2.75) is 43.2 Å². The van der Waals surface area contributed by atoms with Gasteiger partial charge in [-0.05, 0) is 73.6 Å². The Morgan fingerprint density at radius 2 is 1.87 bits per heavy atom. The van der Waals surface area contributed by atoms with Crippen LogP contribution in [-0.4, -0.2) is 24.3 Å². The Hall–Kier alpha value is 0.120. The number of allylic oxidation sites excluding steroid dienone is 1. The van der Waals surface area contributed by atoms with E-state index >= 15 is 0 Å². The molecule has 0 N–H and O–H groups in total. The SMILES string of the molecule is CP(=O)([O-])Oc1cc(C(OCC(F)(F)F)=C2C3CC4CC2CC(Cl)(C4)C3)ccc1Cl.[Na+]. The van der Waals surface area contributed by atoms with Crippen LogP contribution in [0.3, 0.4) is 0 Å². The molecule has 3 unspecified atom stereocenters. The molecule has 4 nitrogen and oxygen atoms in total. The average molecular weight is 507 g/mol. The standard InChI is InChI=1S/C20H22Cl2F3O4P.Na/c1-30(26,27)29-16-6-12(2-3-15(16)21)18(28-10-20(23,24)25)17-13-4-11-5-14(17)9-19(22,7-11)8-13;/h2-3,6,11,13-14H,4-5,7-10H2,1H3,(H,26,27);/q;+1/p-1. The summed E-state index contributed by atoms with van der Waals surface area (Å²) in [6, 6.07) is 4.26. The molecule has 11 heteroatoms. The second-order valence-electron chi connectivity index (χ2n) is 8.69. The van der Waals surface area contributed by atoms with Gasteiger partial charge in [0, 0.05) is 17.1 Å². The van der Waals surface area contributed by atoms with Gasteiger partial charge in [-0.1, -0.05) is 11.6 Å². The van der Waals surface area contributed by atoms with Gasteiger partial charge in [0.25, 0.3) is 0 Å². The van der Waals surface area contributed by atoms with Gasteiger partial charge in [-0.25, -0.2) is 0 Å². The molecule has 0 heterocycles. The molecular weight excluding hydrogens is 486 g/mol. The molecule has 1 aromatic rings. The first kappa shape index (κ1) is 25.7. The molecule has 4 aliphatic rings. The molecule has 31 heavy (non-hydrogen) atoms. The van der Waals surface area contributed by atoms with Crippen molar-refractivity contribution in [3.63, 3.8) is 0 Å². The summed E-state index contributed by atoms with van der Waals surface area (Å²) in [5.41, 5.74) is 1.17. The fourth-order valence-corrected chi connectivity index (χ4v) is 6.75. The number of rotatable bonds is 5. The van der Waals surface area contributed by atoms with Crippen molar-refractivity contribution in [2.75, 3.05) is 13.3 Å². The molecule has 1 aromatic carbocycles. The van der Waals surface area contributed by atoms with Crippen molar-refractivity contribution >= 4 is 36.6 Å². The molecule has 0 saturated heterocycles. The number of halogens is 5. The monoisotopic (exact) mass is 506 g/mol. The molecule has 166 valence electrons. The fraction of sp³-hybridized carbons (Fsp3) is 0.600. The second kappa shape index (κ2) is 9.05. The average Bonchev–Trinajstić information content (AvgIpc) is 2.56. The van der Waals surface area contributed by atoms with Gasteiger partial charge >= 0.3 is 35.7 Å². The Kier molecular flexibility index (Phi) is 7.51. The second-order valence-corrected chi connectivity index (χ2v) is 11.6. The number of benzene rings is 1. The van der Waals surface area contributed by atoms with Crippen LogP contribution < -0.4 is 39.0 Å². The van der Waals surface area contributed by atoms with Gasteiger partial charge in [-0.2, -0.15) is 13.2 Å². The molecule has 4 saturated carbocycles. The van der Waals surface area contributed by atoms with Crippen LogP contribution in [0.2, 0.25) is 5.02 Å². The van der Waals surface area contributed by atoms with Crippen LogP contribution in [-0.2, 0) is 9.30 Å². The smallest absolute Gasteiger partial charge is 0.769 e. The molecular formula is C20H21Cl2F3NaO4P. The van der Waals surface area contributed by atoms with E-state index in [1.165, 1.54) is 18.2 Å². The molecule has 3 atom stereocenters. The third-order valence-corrected chi connectivity index (χ3v) is 7.40. The van der Waals surface area contributed by atoms with E-state index in [0.717, 1.165) is 31.5 Å². The van der Waals surface area contributed by atoms with Gasteiger partial charge in [0.05, 0.1) is 5.02 Å². The van der Waals surface area contributed by atoms with Gasteiger partial charge in [-0.15, -0.1) is 11.6 Å². The largest absolute Gasteiger partial charge is 1.00 e. The maximum Gasteiger partial charge on any atom is 1.00 e. The van der Waals surface area contributed by atoms with Crippen LogP contribution in [0.1, 0.15) is 37.7 Å². The maximum absolute atomic E-state index is 13.0. The van der Waals surface area contributed by atoms with Crippen LogP contribution in [0.4, 0.5) is 13.2 Å². The van der Waals surface area contributed by atoms with E-state index in [1.54, 1.807) is 0 Å². The quantitative estimate of drug-likeness (QED) is 0.266. The summed E-state index contributed by atoms with van der Waals surface area (Å²) in [5.74, 6) is 0.576. The molecule has 0 aromatic heterocycles. The minimum atomic E-state index is -4.51. The summed E-state index contributed by atoms with van der Waals surface area (Å²) in [5, 5.41) is 0.0432. The number of alkyl halides is 4. The van der Waals surface area contributed by atoms with E-state index in [2.05, 4.69) is 0 Å². The van der Waals surface area contributed by atoms with E-state index < -0.39 is 20.4 Å². The minimum Gasteiger partial charge on any atom is -0.769 e. The van der Waals surface area contributed by atoms with E-state index in [4.69, 9.17) is 32.5 Å². The van der Waals surface area contributed by atoms with Crippen LogP contribution >= 0.6 is 30.8 Å². The van der Waals surface area contributed by atoms with Crippen LogP contribution in [0.5, 0.6) is 5.75 Å². The molecule has 0 radical (unpaired) electrons. The third-order valence-electron chi connectivity index (χ3n) is 6.09. The zero-order valence-corrected chi connectivity index (χ0v) is 21.6. The van der Waals surface area contributed by atoms with Crippen LogP contribution in [0.15, 0.2) is 23.8 Å². The van der Waals surface area contributed by atoms with Crippen molar-refractivity contribution in [3.8, 4) is 5.75 Å². The molecule has 4 aliphatic carbocycles. The van der Waals surface area contributed by atoms with Gasteiger partial charge < -0.3 is 14.2 Å². The Morgan fingerprint density at radius 3 is 2.39 bits per heavy atom. The molecule has 4 bridgehead atoms. The van der Waals surface area contributed by atoms with Crippen LogP contribution in [0, 0.1) is 17.8 Å². The topological polar surface area (TPSA) is 58.6 Å².